The van der Waals surface area contributed by atoms with Crippen molar-refractivity contribution in [3.63, 3.8) is 0 Å². The maximum Gasteiger partial charge on any atom is 0.221 e. The largest absolute Gasteiger partial charge is 0.372 e. The third-order valence-corrected chi connectivity index (χ3v) is 3.82. The maximum absolute atomic E-state index is 4.36. The molecule has 0 saturated carbocycles. The van der Waals surface area contributed by atoms with Crippen LogP contribution in [-0.2, 0) is 6.42 Å². The van der Waals surface area contributed by atoms with E-state index < -0.39 is 0 Å². The third kappa shape index (κ3) is 2.06. The number of nitrogens with zero attached hydrogens (tertiary/aromatic N) is 6. The van der Waals surface area contributed by atoms with Gasteiger partial charge in [-0.2, -0.15) is 4.52 Å². The molecule has 1 aromatic carbocycles. The molecule has 3 aromatic rings. The number of likely N-dealkylation sites (N-methyl/N-ethyl adjacent to an activating group) is 1. The minimum Gasteiger partial charge on any atom is -0.372 e. The molecule has 3 heterocycles. The molecule has 0 radical (unpaired) electrons. The standard InChI is InChI=1S/C14H15N7/c1-20-9-11(8-10-4-2-3-5-12(10)20)16-13-14-17-18-19-21(14)7-6-15-13/h2-7,11H,8-9H2,1H3,(H,15,16). The van der Waals surface area contributed by atoms with Crippen LogP contribution in [0.25, 0.3) is 5.65 Å². The van der Waals surface area contributed by atoms with E-state index in [1.807, 2.05) is 0 Å². The van der Waals surface area contributed by atoms with E-state index in [1.54, 1.807) is 16.9 Å². The minimum absolute atomic E-state index is 0.278. The average molecular weight is 281 g/mol. The van der Waals surface area contributed by atoms with Crippen LogP contribution in [-0.4, -0.2) is 44.7 Å². The lowest BCUT2D eigenvalue weighted by molar-refractivity contribution is 0.661. The Hall–Kier alpha value is -2.70. The second kappa shape index (κ2) is 4.69. The zero-order valence-corrected chi connectivity index (χ0v) is 11.6. The molecular weight excluding hydrogens is 266 g/mol. The lowest BCUT2D eigenvalue weighted by Gasteiger charge is -2.34. The molecule has 106 valence electrons. The van der Waals surface area contributed by atoms with Crippen LogP contribution in [0.15, 0.2) is 36.7 Å². The van der Waals surface area contributed by atoms with Crippen molar-refractivity contribution in [1.82, 2.24) is 25.0 Å². The molecule has 1 aliphatic heterocycles. The lowest BCUT2D eigenvalue weighted by atomic mass is 9.98. The summed E-state index contributed by atoms with van der Waals surface area (Å²) in [7, 11) is 2.11. The predicted octanol–water partition coefficient (Wildman–Crippen LogP) is 0.992. The van der Waals surface area contributed by atoms with E-state index in [1.165, 1.54) is 11.3 Å². The highest BCUT2D eigenvalue weighted by Crippen LogP contribution is 2.26. The number of rotatable bonds is 2. The zero-order valence-electron chi connectivity index (χ0n) is 11.6. The van der Waals surface area contributed by atoms with Gasteiger partial charge in [0.25, 0.3) is 0 Å². The average Bonchev–Trinajstić information content (AvgIpc) is 2.97. The maximum atomic E-state index is 4.36. The molecule has 0 saturated heterocycles. The van der Waals surface area contributed by atoms with Gasteiger partial charge in [-0.1, -0.05) is 18.2 Å². The first-order valence-corrected chi connectivity index (χ1v) is 6.89. The molecule has 0 spiro atoms. The zero-order chi connectivity index (χ0) is 14.2. The summed E-state index contributed by atoms with van der Waals surface area (Å²) in [5.74, 6) is 0.722. The summed E-state index contributed by atoms with van der Waals surface area (Å²) < 4.78 is 1.62. The second-order valence-electron chi connectivity index (χ2n) is 5.28. The van der Waals surface area contributed by atoms with Gasteiger partial charge in [-0.25, -0.2) is 4.98 Å². The molecule has 0 amide bonds. The highest BCUT2D eigenvalue weighted by molar-refractivity contribution is 5.63. The number of tetrazole rings is 1. The normalized spacial score (nSPS) is 17.8. The number of fused-ring (bicyclic) bond motifs is 2. The Morgan fingerprint density at radius 3 is 3.14 bits per heavy atom. The van der Waals surface area contributed by atoms with Gasteiger partial charge in [-0.15, -0.1) is 5.10 Å². The van der Waals surface area contributed by atoms with Crippen molar-refractivity contribution in [2.45, 2.75) is 12.5 Å². The first kappa shape index (κ1) is 12.1. The number of hydrogen-bond donors (Lipinski definition) is 1. The van der Waals surface area contributed by atoms with Crippen LogP contribution in [0.4, 0.5) is 11.5 Å². The summed E-state index contributed by atoms with van der Waals surface area (Å²) in [6.45, 7) is 0.918. The first-order chi connectivity index (χ1) is 10.3. The Morgan fingerprint density at radius 1 is 1.29 bits per heavy atom. The SMILES string of the molecule is CN1CC(Nc2nccn3nnnc23)Cc2ccccc21. The molecule has 4 rings (SSSR count). The summed E-state index contributed by atoms with van der Waals surface area (Å²) >= 11 is 0. The van der Waals surface area contributed by atoms with Crippen molar-refractivity contribution in [3.8, 4) is 0 Å². The number of aromatic nitrogens is 5. The van der Waals surface area contributed by atoms with Crippen molar-refractivity contribution in [2.75, 3.05) is 23.8 Å². The van der Waals surface area contributed by atoms with E-state index in [4.69, 9.17) is 0 Å². The van der Waals surface area contributed by atoms with Crippen LogP contribution in [0.5, 0.6) is 0 Å². The molecule has 7 heteroatoms. The smallest absolute Gasteiger partial charge is 0.221 e. The van der Waals surface area contributed by atoms with Gasteiger partial charge < -0.3 is 10.2 Å². The van der Waals surface area contributed by atoms with Crippen LogP contribution in [0.3, 0.4) is 0 Å². The summed E-state index contributed by atoms with van der Waals surface area (Å²) in [5.41, 5.74) is 3.29. The summed E-state index contributed by atoms with van der Waals surface area (Å²) in [5, 5.41) is 15.0. The van der Waals surface area contributed by atoms with Crippen molar-refractivity contribution < 1.29 is 0 Å². The Kier molecular flexibility index (Phi) is 2.70. The van der Waals surface area contributed by atoms with Gasteiger partial charge in [0.15, 0.2) is 5.82 Å². The number of para-hydroxylation sites is 1. The fourth-order valence-corrected chi connectivity index (χ4v) is 2.89. The van der Waals surface area contributed by atoms with Gasteiger partial charge in [0.2, 0.25) is 5.65 Å². The number of hydrogen-bond acceptors (Lipinski definition) is 6. The molecule has 1 aliphatic rings. The highest BCUT2D eigenvalue weighted by Gasteiger charge is 2.22. The van der Waals surface area contributed by atoms with Crippen LogP contribution in [0.1, 0.15) is 5.56 Å². The Balaban J connectivity index is 1.63. The fraction of sp³-hybridized carbons (Fsp3) is 0.286. The van der Waals surface area contributed by atoms with Gasteiger partial charge in [-0.05, 0) is 28.5 Å². The van der Waals surface area contributed by atoms with Crippen LogP contribution >= 0.6 is 0 Å². The fourth-order valence-electron chi connectivity index (χ4n) is 2.89. The number of benzene rings is 1. The van der Waals surface area contributed by atoms with E-state index in [9.17, 15) is 0 Å². The third-order valence-electron chi connectivity index (χ3n) is 3.82. The van der Waals surface area contributed by atoms with Crippen molar-refractivity contribution >= 4 is 17.2 Å². The summed E-state index contributed by atoms with van der Waals surface area (Å²) in [6.07, 6.45) is 4.40. The minimum atomic E-state index is 0.278. The molecule has 7 nitrogen and oxygen atoms in total. The van der Waals surface area contributed by atoms with Crippen LogP contribution in [0.2, 0.25) is 0 Å². The Morgan fingerprint density at radius 2 is 2.19 bits per heavy atom. The Bertz CT molecular complexity index is 782. The summed E-state index contributed by atoms with van der Waals surface area (Å²) in [4.78, 5) is 6.62. The molecule has 0 fully saturated rings. The lowest BCUT2D eigenvalue weighted by Crippen LogP contribution is -2.40. The predicted molar refractivity (Wildman–Crippen MR) is 79.4 cm³/mol. The second-order valence-corrected chi connectivity index (χ2v) is 5.28. The molecular formula is C14H15N7. The Labute approximate surface area is 121 Å². The van der Waals surface area contributed by atoms with Gasteiger partial charge in [0, 0.05) is 31.5 Å². The van der Waals surface area contributed by atoms with Gasteiger partial charge >= 0.3 is 0 Å². The summed E-state index contributed by atoms with van der Waals surface area (Å²) in [6, 6.07) is 8.77. The van der Waals surface area contributed by atoms with Crippen molar-refractivity contribution in [2.24, 2.45) is 0 Å². The molecule has 1 N–H and O–H groups in total. The van der Waals surface area contributed by atoms with E-state index in [2.05, 4.69) is 62.0 Å². The quantitative estimate of drug-likeness (QED) is 0.755. The topological polar surface area (TPSA) is 71.2 Å². The van der Waals surface area contributed by atoms with E-state index in [-0.39, 0.29) is 6.04 Å². The van der Waals surface area contributed by atoms with E-state index in [0.29, 0.717) is 5.65 Å². The van der Waals surface area contributed by atoms with Gasteiger partial charge in [0.1, 0.15) is 0 Å². The molecule has 1 atom stereocenters. The van der Waals surface area contributed by atoms with E-state index >= 15 is 0 Å². The van der Waals surface area contributed by atoms with E-state index in [0.717, 1.165) is 18.8 Å². The molecule has 1 unspecified atom stereocenters. The highest BCUT2D eigenvalue weighted by atomic mass is 15.5. The molecule has 0 bridgehead atoms. The monoisotopic (exact) mass is 281 g/mol. The van der Waals surface area contributed by atoms with Crippen molar-refractivity contribution in [1.29, 1.82) is 0 Å². The number of anilines is 2. The van der Waals surface area contributed by atoms with Crippen LogP contribution < -0.4 is 10.2 Å². The van der Waals surface area contributed by atoms with Gasteiger partial charge in [0.05, 0.1) is 6.20 Å². The van der Waals surface area contributed by atoms with Crippen LogP contribution in [0, 0.1) is 0 Å². The first-order valence-electron chi connectivity index (χ1n) is 6.89. The molecule has 2 aromatic heterocycles. The number of nitrogens with one attached hydrogen (secondary N) is 1. The molecule has 21 heavy (non-hydrogen) atoms. The molecule has 0 aliphatic carbocycles. The van der Waals surface area contributed by atoms with Gasteiger partial charge in [-0.3, -0.25) is 0 Å². The van der Waals surface area contributed by atoms with Crippen molar-refractivity contribution in [3.05, 3.63) is 42.2 Å².